The number of ether oxygens (including phenoxy) is 1. The van der Waals surface area contributed by atoms with E-state index in [1.165, 1.54) is 9.21 Å². The van der Waals surface area contributed by atoms with Crippen molar-refractivity contribution in [2.24, 2.45) is 0 Å². The highest BCUT2D eigenvalue weighted by Gasteiger charge is 2.47. The van der Waals surface area contributed by atoms with E-state index in [0.29, 0.717) is 44.0 Å². The molecule has 1 spiro atoms. The molecular formula is C15H20ClN3O4S. The zero-order valence-electron chi connectivity index (χ0n) is 13.4. The summed E-state index contributed by atoms with van der Waals surface area (Å²) < 4.78 is 32.0. The Hall–Kier alpha value is -1.38. The fourth-order valence-corrected chi connectivity index (χ4v) is 4.76. The summed E-state index contributed by atoms with van der Waals surface area (Å²) in [7, 11) is -1.65. The lowest BCUT2D eigenvalue weighted by molar-refractivity contribution is 0.0172. The molecule has 2 aliphatic rings. The van der Waals surface area contributed by atoms with Gasteiger partial charge in [-0.1, -0.05) is 17.7 Å². The third-order valence-electron chi connectivity index (χ3n) is 4.61. The molecular weight excluding hydrogens is 354 g/mol. The number of hydrogen-bond acceptors (Lipinski definition) is 5. The number of rotatable bonds is 4. The smallest absolute Gasteiger partial charge is 0.410 e. The Labute approximate surface area is 146 Å². The van der Waals surface area contributed by atoms with Gasteiger partial charge in [-0.05, 0) is 18.1 Å². The molecule has 3 heterocycles. The summed E-state index contributed by atoms with van der Waals surface area (Å²) in [6, 6.07) is 3.43. The maximum absolute atomic E-state index is 12.5. The van der Waals surface area contributed by atoms with Crippen molar-refractivity contribution in [3.8, 4) is 0 Å². The maximum atomic E-state index is 12.5. The number of carbonyl (C=O) groups is 1. The molecule has 0 N–H and O–H groups in total. The van der Waals surface area contributed by atoms with Gasteiger partial charge in [0, 0.05) is 39.2 Å². The molecule has 1 aromatic heterocycles. The number of sulfonamides is 1. The van der Waals surface area contributed by atoms with Crippen LogP contribution < -0.4 is 0 Å². The van der Waals surface area contributed by atoms with Gasteiger partial charge in [-0.3, -0.25) is 0 Å². The van der Waals surface area contributed by atoms with Crippen LogP contribution in [-0.2, 0) is 21.2 Å². The van der Waals surface area contributed by atoms with Crippen LogP contribution >= 0.6 is 11.6 Å². The SMILES string of the molecule is CN1CC2(CCN(S(=O)(=O)CCc3ccc(Cl)nc3)CC2)OC1=O. The molecule has 0 radical (unpaired) electrons. The number of likely N-dealkylation sites (N-methyl/N-ethyl adjacent to an activating group) is 1. The van der Waals surface area contributed by atoms with Gasteiger partial charge in [-0.15, -0.1) is 0 Å². The minimum atomic E-state index is -3.35. The lowest BCUT2D eigenvalue weighted by Crippen LogP contribution is -2.49. The van der Waals surface area contributed by atoms with E-state index < -0.39 is 15.6 Å². The van der Waals surface area contributed by atoms with Gasteiger partial charge in [-0.2, -0.15) is 0 Å². The number of nitrogens with zero attached hydrogens (tertiary/aromatic N) is 3. The standard InChI is InChI=1S/C15H20ClN3O4S/c1-18-11-15(23-14(18)20)5-7-19(8-6-15)24(21,22)9-4-12-2-3-13(16)17-10-12/h2-3,10H,4-9,11H2,1H3. The molecule has 2 aliphatic heterocycles. The molecule has 0 saturated carbocycles. The molecule has 0 aliphatic carbocycles. The van der Waals surface area contributed by atoms with Gasteiger partial charge in [0.1, 0.15) is 10.8 Å². The highest BCUT2D eigenvalue weighted by molar-refractivity contribution is 7.89. The maximum Gasteiger partial charge on any atom is 0.410 e. The molecule has 0 atom stereocenters. The first kappa shape index (κ1) is 17.4. The zero-order valence-corrected chi connectivity index (χ0v) is 15.0. The minimum Gasteiger partial charge on any atom is -0.441 e. The molecule has 3 rings (SSSR count). The summed E-state index contributed by atoms with van der Waals surface area (Å²) in [5, 5.41) is 0.388. The number of aromatic nitrogens is 1. The monoisotopic (exact) mass is 373 g/mol. The fraction of sp³-hybridized carbons (Fsp3) is 0.600. The molecule has 7 nitrogen and oxygen atoms in total. The normalized spacial score (nSPS) is 21.2. The van der Waals surface area contributed by atoms with Crippen LogP contribution in [-0.4, -0.2) is 66.7 Å². The summed E-state index contributed by atoms with van der Waals surface area (Å²) in [6.45, 7) is 1.28. The van der Waals surface area contributed by atoms with Crippen LogP contribution in [0.2, 0.25) is 5.15 Å². The Balaban J connectivity index is 1.57. The molecule has 132 valence electrons. The first-order chi connectivity index (χ1) is 11.3. The summed E-state index contributed by atoms with van der Waals surface area (Å²) in [4.78, 5) is 17.1. The van der Waals surface area contributed by atoms with E-state index >= 15 is 0 Å². The summed E-state index contributed by atoms with van der Waals surface area (Å²) in [5.74, 6) is 0.0308. The highest BCUT2D eigenvalue weighted by atomic mass is 35.5. The Morgan fingerprint density at radius 1 is 1.33 bits per heavy atom. The van der Waals surface area contributed by atoms with E-state index in [1.54, 1.807) is 25.4 Å². The number of piperidine rings is 1. The van der Waals surface area contributed by atoms with Crippen LogP contribution in [0, 0.1) is 0 Å². The number of pyridine rings is 1. The molecule has 0 bridgehead atoms. The van der Waals surface area contributed by atoms with Crippen molar-refractivity contribution in [3.05, 3.63) is 29.0 Å². The van der Waals surface area contributed by atoms with Gasteiger partial charge in [-0.25, -0.2) is 22.5 Å². The van der Waals surface area contributed by atoms with E-state index in [9.17, 15) is 13.2 Å². The first-order valence-corrected chi connectivity index (χ1v) is 9.81. The average Bonchev–Trinajstić information content (AvgIpc) is 2.81. The minimum absolute atomic E-state index is 0.0308. The van der Waals surface area contributed by atoms with Crippen LogP contribution in [0.5, 0.6) is 0 Å². The van der Waals surface area contributed by atoms with E-state index in [1.807, 2.05) is 0 Å². The molecule has 0 unspecified atom stereocenters. The Morgan fingerprint density at radius 3 is 2.58 bits per heavy atom. The van der Waals surface area contributed by atoms with Gasteiger partial charge in [0.25, 0.3) is 0 Å². The number of amides is 1. The van der Waals surface area contributed by atoms with Crippen LogP contribution in [0.4, 0.5) is 4.79 Å². The van der Waals surface area contributed by atoms with E-state index in [2.05, 4.69) is 4.98 Å². The van der Waals surface area contributed by atoms with Crippen LogP contribution in [0.15, 0.2) is 18.3 Å². The van der Waals surface area contributed by atoms with E-state index in [4.69, 9.17) is 16.3 Å². The third kappa shape index (κ3) is 3.65. The second-order valence-corrected chi connectivity index (χ2v) is 8.84. The van der Waals surface area contributed by atoms with Gasteiger partial charge in [0.05, 0.1) is 12.3 Å². The molecule has 2 fully saturated rings. The average molecular weight is 374 g/mol. The van der Waals surface area contributed by atoms with Crippen LogP contribution in [0.3, 0.4) is 0 Å². The van der Waals surface area contributed by atoms with Gasteiger partial charge >= 0.3 is 6.09 Å². The molecule has 24 heavy (non-hydrogen) atoms. The van der Waals surface area contributed by atoms with Crippen LogP contribution in [0.25, 0.3) is 0 Å². The molecule has 1 aromatic rings. The Kier molecular flexibility index (Phi) is 4.72. The lowest BCUT2D eigenvalue weighted by Gasteiger charge is -2.36. The third-order valence-corrected chi connectivity index (χ3v) is 6.70. The van der Waals surface area contributed by atoms with Crippen molar-refractivity contribution >= 4 is 27.7 Å². The largest absolute Gasteiger partial charge is 0.441 e. The fourth-order valence-electron chi connectivity index (χ4n) is 3.15. The van der Waals surface area contributed by atoms with Gasteiger partial charge in [0.2, 0.25) is 10.0 Å². The Morgan fingerprint density at radius 2 is 2.04 bits per heavy atom. The van der Waals surface area contributed by atoms with Crippen LogP contribution in [0.1, 0.15) is 18.4 Å². The number of carbonyl (C=O) groups excluding carboxylic acids is 1. The topological polar surface area (TPSA) is 79.8 Å². The zero-order chi connectivity index (χ0) is 17.4. The first-order valence-electron chi connectivity index (χ1n) is 7.82. The lowest BCUT2D eigenvalue weighted by atomic mass is 9.92. The quantitative estimate of drug-likeness (QED) is 0.747. The van der Waals surface area contributed by atoms with E-state index in [-0.39, 0.29) is 11.8 Å². The van der Waals surface area contributed by atoms with Crippen molar-refractivity contribution in [3.63, 3.8) is 0 Å². The van der Waals surface area contributed by atoms with Gasteiger partial charge < -0.3 is 9.64 Å². The summed E-state index contributed by atoms with van der Waals surface area (Å²) in [5.41, 5.74) is 0.306. The number of hydrogen-bond donors (Lipinski definition) is 0. The summed E-state index contributed by atoms with van der Waals surface area (Å²) in [6.07, 6.45) is 2.72. The second-order valence-electron chi connectivity index (χ2n) is 6.36. The van der Waals surface area contributed by atoms with Crippen molar-refractivity contribution < 1.29 is 17.9 Å². The summed E-state index contributed by atoms with van der Waals surface area (Å²) >= 11 is 5.73. The number of halogens is 1. The molecule has 1 amide bonds. The molecule has 2 saturated heterocycles. The van der Waals surface area contributed by atoms with Crippen molar-refractivity contribution in [1.29, 1.82) is 0 Å². The highest BCUT2D eigenvalue weighted by Crippen LogP contribution is 2.33. The number of aryl methyl sites for hydroxylation is 1. The van der Waals surface area contributed by atoms with E-state index in [0.717, 1.165) is 5.56 Å². The molecule has 0 aromatic carbocycles. The van der Waals surface area contributed by atoms with Gasteiger partial charge in [0.15, 0.2) is 0 Å². The second kappa shape index (κ2) is 6.50. The molecule has 9 heteroatoms. The van der Waals surface area contributed by atoms with Crippen molar-refractivity contribution in [2.75, 3.05) is 32.4 Å². The predicted molar refractivity (Wildman–Crippen MR) is 89.4 cm³/mol. The predicted octanol–water partition coefficient (Wildman–Crippen LogP) is 1.52. The Bertz CT molecular complexity index is 715. The van der Waals surface area contributed by atoms with Crippen molar-refractivity contribution in [2.45, 2.75) is 24.9 Å². The van der Waals surface area contributed by atoms with Crippen molar-refractivity contribution in [1.82, 2.24) is 14.2 Å².